The fraction of sp³-hybridized carbons (Fsp3) is 0.0909. The smallest absolute Gasteiger partial charge is 0.0434 e. The Hall–Kier alpha value is -4.98. The minimum absolute atomic E-state index is 1.06. The summed E-state index contributed by atoms with van der Waals surface area (Å²) in [4.78, 5) is 0. The first-order valence-corrected chi connectivity index (χ1v) is 16.8. The van der Waals surface area contributed by atoms with Gasteiger partial charge in [-0.05, 0) is 80.3 Å². The molecule has 0 radical (unpaired) electrons. The van der Waals surface area contributed by atoms with E-state index in [1.54, 1.807) is 0 Å². The highest BCUT2D eigenvalue weighted by atomic mass is 32.1. The van der Waals surface area contributed by atoms with Gasteiger partial charge in [0.1, 0.15) is 0 Å². The molecule has 9 aromatic rings. The van der Waals surface area contributed by atoms with Crippen LogP contribution in [0.1, 0.15) is 22.3 Å². The lowest BCUT2D eigenvalue weighted by atomic mass is 9.95. The van der Waals surface area contributed by atoms with Crippen molar-refractivity contribution in [3.8, 4) is 0 Å². The first kappa shape index (κ1) is 26.4. The van der Waals surface area contributed by atoms with Gasteiger partial charge in [-0.3, -0.25) is 0 Å². The number of hydrogen-bond donors (Lipinski definition) is 0. The van der Waals surface area contributed by atoms with Crippen molar-refractivity contribution in [1.82, 2.24) is 0 Å². The van der Waals surface area contributed by atoms with E-state index in [-0.39, 0.29) is 0 Å². The molecule has 1 heterocycles. The third-order valence-electron chi connectivity index (χ3n) is 9.65. The first-order chi connectivity index (χ1) is 22.3. The zero-order valence-corrected chi connectivity index (χ0v) is 25.9. The molecule has 0 unspecified atom stereocenters. The summed E-state index contributed by atoms with van der Waals surface area (Å²) in [5, 5.41) is 13.5. The highest BCUT2D eigenvalue weighted by molar-refractivity contribution is 7.27. The Bertz CT molecular complexity index is 2340. The summed E-state index contributed by atoms with van der Waals surface area (Å²) >= 11 is 1.96. The average molecular weight is 593 g/mol. The van der Waals surface area contributed by atoms with E-state index in [4.69, 9.17) is 0 Å². The van der Waals surface area contributed by atoms with Crippen LogP contribution in [0.4, 0.5) is 0 Å². The van der Waals surface area contributed by atoms with Crippen molar-refractivity contribution in [1.29, 1.82) is 0 Å². The van der Waals surface area contributed by atoms with E-state index in [0.717, 1.165) is 25.7 Å². The fourth-order valence-electron chi connectivity index (χ4n) is 7.26. The van der Waals surface area contributed by atoms with Crippen molar-refractivity contribution in [2.45, 2.75) is 25.7 Å². The number of hydrogen-bond acceptors (Lipinski definition) is 1. The molecule has 0 saturated carbocycles. The molecule has 214 valence electrons. The molecule has 0 bridgehead atoms. The Balaban J connectivity index is 1.10. The van der Waals surface area contributed by atoms with Crippen LogP contribution in [0, 0.1) is 0 Å². The SMILES string of the molecule is c1ccc(CCc2ccc3c(ccc4c3ccc3c5ccc6c7ccc(CCc8ccccc8)cc7ccc6c5sc43)c2)cc1. The van der Waals surface area contributed by atoms with Crippen LogP contribution in [0.25, 0.3) is 63.3 Å². The maximum atomic E-state index is 2.39. The average Bonchev–Trinajstić information content (AvgIpc) is 3.50. The zero-order chi connectivity index (χ0) is 29.7. The molecule has 0 aliphatic heterocycles. The van der Waals surface area contributed by atoms with E-state index in [1.165, 1.54) is 85.5 Å². The van der Waals surface area contributed by atoms with Crippen LogP contribution in [-0.2, 0) is 25.7 Å². The second-order valence-corrected chi connectivity index (χ2v) is 13.4. The molecular formula is C44H32S. The normalized spacial score (nSPS) is 11.9. The minimum atomic E-state index is 1.06. The Morgan fingerprint density at radius 2 is 0.644 bits per heavy atom. The molecule has 0 atom stereocenters. The molecule has 0 amide bonds. The quantitative estimate of drug-likeness (QED) is 0.169. The van der Waals surface area contributed by atoms with Gasteiger partial charge in [0.2, 0.25) is 0 Å². The Morgan fingerprint density at radius 1 is 0.289 bits per heavy atom. The minimum Gasteiger partial charge on any atom is -0.134 e. The van der Waals surface area contributed by atoms with Crippen LogP contribution in [-0.4, -0.2) is 0 Å². The van der Waals surface area contributed by atoms with E-state index in [2.05, 4.69) is 146 Å². The highest BCUT2D eigenvalue weighted by Crippen LogP contribution is 2.44. The van der Waals surface area contributed by atoms with Crippen LogP contribution < -0.4 is 0 Å². The van der Waals surface area contributed by atoms with Crippen LogP contribution in [0.3, 0.4) is 0 Å². The maximum absolute atomic E-state index is 2.39. The largest absolute Gasteiger partial charge is 0.134 e. The number of benzene rings is 8. The summed E-state index contributed by atoms with van der Waals surface area (Å²) in [5.74, 6) is 0. The first-order valence-electron chi connectivity index (χ1n) is 16.0. The van der Waals surface area contributed by atoms with Crippen molar-refractivity contribution < 1.29 is 0 Å². The van der Waals surface area contributed by atoms with E-state index in [0.29, 0.717) is 0 Å². The molecule has 0 nitrogen and oxygen atoms in total. The second kappa shape index (κ2) is 10.9. The van der Waals surface area contributed by atoms with Crippen molar-refractivity contribution in [2.75, 3.05) is 0 Å². The van der Waals surface area contributed by atoms with Gasteiger partial charge in [-0.25, -0.2) is 0 Å². The van der Waals surface area contributed by atoms with Crippen LogP contribution >= 0.6 is 11.3 Å². The predicted octanol–water partition coefficient (Wildman–Crippen LogP) is 12.2. The molecule has 45 heavy (non-hydrogen) atoms. The predicted molar refractivity (Wildman–Crippen MR) is 197 cm³/mol. The maximum Gasteiger partial charge on any atom is 0.0434 e. The summed E-state index contributed by atoms with van der Waals surface area (Å²) in [6, 6.07) is 54.4. The molecule has 1 aromatic heterocycles. The number of rotatable bonds is 6. The summed E-state index contributed by atoms with van der Waals surface area (Å²) in [7, 11) is 0. The van der Waals surface area contributed by atoms with Crippen molar-refractivity contribution in [3.63, 3.8) is 0 Å². The van der Waals surface area contributed by atoms with Gasteiger partial charge >= 0.3 is 0 Å². The summed E-state index contributed by atoms with van der Waals surface area (Å²) in [5.41, 5.74) is 5.59. The molecule has 0 spiro atoms. The molecule has 9 rings (SSSR count). The lowest BCUT2D eigenvalue weighted by Gasteiger charge is -2.08. The summed E-state index contributed by atoms with van der Waals surface area (Å²) in [6.45, 7) is 0. The molecule has 1 heteroatoms. The topological polar surface area (TPSA) is 0 Å². The number of thiophene rings is 1. The standard InChI is InChI=1S/C44H32S/c1-3-7-29(8-4-1)11-13-31-15-19-35-33(27-31)17-21-39-37(35)23-25-41-42-26-24-38-36-20-16-32(14-12-30-9-5-2-6-10-30)28-34(36)18-22-40(38)44(42)45-43(39)41/h1-10,15-28H,11-14H2. The van der Waals surface area contributed by atoms with Crippen molar-refractivity contribution in [3.05, 3.63) is 168 Å². The van der Waals surface area contributed by atoms with E-state index >= 15 is 0 Å². The number of aryl methyl sites for hydroxylation is 4. The lowest BCUT2D eigenvalue weighted by molar-refractivity contribution is 0.962. The van der Waals surface area contributed by atoms with Crippen LogP contribution in [0.15, 0.2) is 146 Å². The molecule has 0 fully saturated rings. The molecule has 0 aliphatic carbocycles. The van der Waals surface area contributed by atoms with Gasteiger partial charge < -0.3 is 0 Å². The number of fused-ring (bicyclic) bond motifs is 11. The van der Waals surface area contributed by atoms with Gasteiger partial charge in [0.25, 0.3) is 0 Å². The van der Waals surface area contributed by atoms with Crippen LogP contribution in [0.5, 0.6) is 0 Å². The molecule has 0 saturated heterocycles. The Labute approximate surface area is 267 Å². The van der Waals surface area contributed by atoms with Gasteiger partial charge in [-0.1, -0.05) is 146 Å². The van der Waals surface area contributed by atoms with Gasteiger partial charge in [-0.15, -0.1) is 11.3 Å². The van der Waals surface area contributed by atoms with Gasteiger partial charge in [0.15, 0.2) is 0 Å². The molecular weight excluding hydrogens is 561 g/mol. The van der Waals surface area contributed by atoms with Crippen LogP contribution in [0.2, 0.25) is 0 Å². The third-order valence-corrected chi connectivity index (χ3v) is 10.9. The fourth-order valence-corrected chi connectivity index (χ4v) is 8.62. The van der Waals surface area contributed by atoms with Gasteiger partial charge in [0.05, 0.1) is 0 Å². The molecule has 0 aliphatic rings. The van der Waals surface area contributed by atoms with Gasteiger partial charge in [0, 0.05) is 30.9 Å². The zero-order valence-electron chi connectivity index (χ0n) is 25.1. The van der Waals surface area contributed by atoms with Gasteiger partial charge in [-0.2, -0.15) is 0 Å². The van der Waals surface area contributed by atoms with E-state index in [9.17, 15) is 0 Å². The lowest BCUT2D eigenvalue weighted by Crippen LogP contribution is -1.91. The van der Waals surface area contributed by atoms with Crippen molar-refractivity contribution >= 4 is 74.6 Å². The monoisotopic (exact) mass is 592 g/mol. The molecule has 0 N–H and O–H groups in total. The summed E-state index contributed by atoms with van der Waals surface area (Å²) < 4.78 is 2.78. The molecule has 8 aromatic carbocycles. The van der Waals surface area contributed by atoms with Crippen molar-refractivity contribution in [2.24, 2.45) is 0 Å². The van der Waals surface area contributed by atoms with E-state index in [1.807, 2.05) is 11.3 Å². The second-order valence-electron chi connectivity index (χ2n) is 12.4. The summed E-state index contributed by atoms with van der Waals surface area (Å²) in [6.07, 6.45) is 4.26. The third kappa shape index (κ3) is 4.67. The van der Waals surface area contributed by atoms with E-state index < -0.39 is 0 Å². The Morgan fingerprint density at radius 3 is 1.11 bits per heavy atom. The highest BCUT2D eigenvalue weighted by Gasteiger charge is 2.14. The Kier molecular flexibility index (Phi) is 6.39.